The molecule has 8 nitrogen and oxygen atoms in total. The quantitative estimate of drug-likeness (QED) is 0.744. The van der Waals surface area contributed by atoms with E-state index in [-0.39, 0.29) is 30.2 Å². The second-order valence-electron chi connectivity index (χ2n) is 6.80. The molecule has 0 spiro atoms. The van der Waals surface area contributed by atoms with Gasteiger partial charge in [0.1, 0.15) is 5.75 Å². The van der Waals surface area contributed by atoms with Gasteiger partial charge in [-0.15, -0.1) is 0 Å². The van der Waals surface area contributed by atoms with Crippen molar-refractivity contribution < 1.29 is 23.5 Å². The van der Waals surface area contributed by atoms with E-state index < -0.39 is 0 Å². The third-order valence-electron chi connectivity index (χ3n) is 4.73. The molecule has 8 heteroatoms. The van der Waals surface area contributed by atoms with Gasteiger partial charge in [0.15, 0.2) is 12.4 Å². The third-order valence-corrected chi connectivity index (χ3v) is 4.73. The number of likely N-dealkylation sites (N-methyl/N-ethyl adjacent to an activating group) is 1. The summed E-state index contributed by atoms with van der Waals surface area (Å²) in [5.41, 5.74) is 0.609. The minimum absolute atomic E-state index is 0.0760. The molecule has 1 aromatic carbocycles. The predicted octanol–water partition coefficient (Wildman–Crippen LogP) is 2.29. The standard InChI is InChI=1S/C21H25N3O5/c1-2-22-19(25)14-29-17-6-3-5-16(13-17)23-20(26)15-8-10-24(11-9-15)21(27)18-7-4-12-28-18/h3-7,12-13,15H,2,8-11,14H2,1H3,(H,22,25)(H,23,26). The Morgan fingerprint density at radius 3 is 2.66 bits per heavy atom. The molecule has 0 atom stereocenters. The predicted molar refractivity (Wildman–Crippen MR) is 107 cm³/mol. The molecular formula is C21H25N3O5. The highest BCUT2D eigenvalue weighted by atomic mass is 16.5. The molecule has 1 aliphatic rings. The maximum Gasteiger partial charge on any atom is 0.289 e. The van der Waals surface area contributed by atoms with E-state index in [4.69, 9.17) is 9.15 Å². The molecule has 0 unspecified atom stereocenters. The summed E-state index contributed by atoms with van der Waals surface area (Å²) in [5.74, 6) is 0.223. The Morgan fingerprint density at radius 1 is 1.17 bits per heavy atom. The maximum absolute atomic E-state index is 12.6. The average molecular weight is 399 g/mol. The highest BCUT2D eigenvalue weighted by Gasteiger charge is 2.28. The largest absolute Gasteiger partial charge is 0.484 e. The molecule has 1 aromatic heterocycles. The molecule has 0 bridgehead atoms. The summed E-state index contributed by atoms with van der Waals surface area (Å²) in [7, 11) is 0. The smallest absolute Gasteiger partial charge is 0.289 e. The summed E-state index contributed by atoms with van der Waals surface area (Å²) in [6.07, 6.45) is 2.65. The van der Waals surface area contributed by atoms with Crippen molar-refractivity contribution in [3.63, 3.8) is 0 Å². The number of anilines is 1. The van der Waals surface area contributed by atoms with Gasteiger partial charge in [-0.25, -0.2) is 0 Å². The van der Waals surface area contributed by atoms with Crippen molar-refractivity contribution in [1.29, 1.82) is 0 Å². The lowest BCUT2D eigenvalue weighted by Crippen LogP contribution is -2.41. The summed E-state index contributed by atoms with van der Waals surface area (Å²) in [6.45, 7) is 3.32. The molecule has 1 aliphatic heterocycles. The van der Waals surface area contributed by atoms with Crippen LogP contribution in [-0.2, 0) is 9.59 Å². The van der Waals surface area contributed by atoms with E-state index >= 15 is 0 Å². The monoisotopic (exact) mass is 399 g/mol. The van der Waals surface area contributed by atoms with E-state index in [1.807, 2.05) is 6.92 Å². The van der Waals surface area contributed by atoms with E-state index in [2.05, 4.69) is 10.6 Å². The molecule has 0 saturated carbocycles. The van der Waals surface area contributed by atoms with E-state index in [1.165, 1.54) is 6.26 Å². The van der Waals surface area contributed by atoms with E-state index in [0.717, 1.165) is 0 Å². The average Bonchev–Trinajstić information content (AvgIpc) is 3.27. The van der Waals surface area contributed by atoms with Crippen LogP contribution in [0.25, 0.3) is 0 Å². The lowest BCUT2D eigenvalue weighted by molar-refractivity contribution is -0.123. The van der Waals surface area contributed by atoms with Crippen LogP contribution in [0, 0.1) is 5.92 Å². The number of piperidine rings is 1. The number of hydrogen-bond donors (Lipinski definition) is 2. The van der Waals surface area contributed by atoms with E-state index in [0.29, 0.717) is 49.7 Å². The zero-order chi connectivity index (χ0) is 20.6. The number of likely N-dealkylation sites (tertiary alicyclic amines) is 1. The SMILES string of the molecule is CCNC(=O)COc1cccc(NC(=O)C2CCN(C(=O)c3ccco3)CC2)c1. The number of amides is 3. The summed E-state index contributed by atoms with van der Waals surface area (Å²) >= 11 is 0. The first-order valence-corrected chi connectivity index (χ1v) is 9.70. The summed E-state index contributed by atoms with van der Waals surface area (Å²) < 4.78 is 10.6. The van der Waals surface area contributed by atoms with Crippen LogP contribution in [0.3, 0.4) is 0 Å². The van der Waals surface area contributed by atoms with Gasteiger partial charge in [-0.1, -0.05) is 6.07 Å². The molecule has 0 aliphatic carbocycles. The normalized spacial score (nSPS) is 14.3. The van der Waals surface area contributed by atoms with Crippen LogP contribution >= 0.6 is 0 Å². The van der Waals surface area contributed by atoms with Gasteiger partial charge < -0.3 is 24.7 Å². The lowest BCUT2D eigenvalue weighted by Gasteiger charge is -2.30. The number of nitrogens with zero attached hydrogens (tertiary/aromatic N) is 1. The molecule has 29 heavy (non-hydrogen) atoms. The molecular weight excluding hydrogens is 374 g/mol. The second kappa shape index (κ2) is 9.77. The second-order valence-corrected chi connectivity index (χ2v) is 6.80. The summed E-state index contributed by atoms with van der Waals surface area (Å²) in [4.78, 5) is 38.1. The fourth-order valence-corrected chi connectivity index (χ4v) is 3.21. The number of ether oxygens (including phenoxy) is 1. The van der Waals surface area contributed by atoms with Crippen LogP contribution in [-0.4, -0.2) is 48.9 Å². The fraction of sp³-hybridized carbons (Fsp3) is 0.381. The van der Waals surface area contributed by atoms with E-state index in [1.54, 1.807) is 41.3 Å². The maximum atomic E-state index is 12.6. The Kier molecular flexibility index (Phi) is 6.89. The minimum atomic E-state index is -0.196. The highest BCUT2D eigenvalue weighted by molar-refractivity contribution is 5.94. The number of benzene rings is 1. The fourth-order valence-electron chi connectivity index (χ4n) is 3.21. The van der Waals surface area contributed by atoms with Crippen LogP contribution in [0.2, 0.25) is 0 Å². The molecule has 3 rings (SSSR count). The van der Waals surface area contributed by atoms with Gasteiger partial charge in [-0.05, 0) is 44.0 Å². The van der Waals surface area contributed by atoms with Crippen LogP contribution in [0.15, 0.2) is 47.1 Å². The molecule has 1 fully saturated rings. The van der Waals surface area contributed by atoms with Crippen LogP contribution in [0.5, 0.6) is 5.75 Å². The molecule has 2 heterocycles. The first-order chi connectivity index (χ1) is 14.1. The van der Waals surface area contributed by atoms with Crippen LogP contribution < -0.4 is 15.4 Å². The molecule has 3 amide bonds. The van der Waals surface area contributed by atoms with Crippen molar-refractivity contribution in [1.82, 2.24) is 10.2 Å². The van der Waals surface area contributed by atoms with E-state index in [9.17, 15) is 14.4 Å². The van der Waals surface area contributed by atoms with Gasteiger partial charge in [-0.2, -0.15) is 0 Å². The van der Waals surface area contributed by atoms with Crippen molar-refractivity contribution in [3.05, 3.63) is 48.4 Å². The van der Waals surface area contributed by atoms with Crippen molar-refractivity contribution in [2.45, 2.75) is 19.8 Å². The van der Waals surface area contributed by atoms with Crippen molar-refractivity contribution in [3.8, 4) is 5.75 Å². The first kappa shape index (κ1) is 20.4. The number of nitrogens with one attached hydrogen (secondary N) is 2. The van der Waals surface area contributed by atoms with Crippen LogP contribution in [0.1, 0.15) is 30.3 Å². The lowest BCUT2D eigenvalue weighted by atomic mass is 9.95. The third kappa shape index (κ3) is 5.60. The topological polar surface area (TPSA) is 101 Å². The molecule has 154 valence electrons. The molecule has 2 aromatic rings. The Labute approximate surface area is 169 Å². The summed E-state index contributed by atoms with van der Waals surface area (Å²) in [6, 6.07) is 10.3. The number of hydrogen-bond acceptors (Lipinski definition) is 5. The number of carbonyl (C=O) groups excluding carboxylic acids is 3. The summed E-state index contributed by atoms with van der Waals surface area (Å²) in [5, 5.41) is 5.55. The Balaban J connectivity index is 1.49. The number of carbonyl (C=O) groups is 3. The van der Waals surface area contributed by atoms with Gasteiger partial charge >= 0.3 is 0 Å². The zero-order valence-corrected chi connectivity index (χ0v) is 16.3. The van der Waals surface area contributed by atoms with Crippen molar-refractivity contribution in [2.75, 3.05) is 31.6 Å². The first-order valence-electron chi connectivity index (χ1n) is 9.70. The highest BCUT2D eigenvalue weighted by Crippen LogP contribution is 2.23. The Bertz CT molecular complexity index is 842. The molecule has 1 saturated heterocycles. The van der Waals surface area contributed by atoms with Gasteiger partial charge in [-0.3, -0.25) is 14.4 Å². The van der Waals surface area contributed by atoms with Gasteiger partial charge in [0.2, 0.25) is 5.91 Å². The number of rotatable bonds is 7. The molecule has 2 N–H and O–H groups in total. The minimum Gasteiger partial charge on any atom is -0.484 e. The number of furan rings is 1. The van der Waals surface area contributed by atoms with Crippen LogP contribution in [0.4, 0.5) is 5.69 Å². The van der Waals surface area contributed by atoms with Crippen molar-refractivity contribution in [2.24, 2.45) is 5.92 Å². The molecule has 0 radical (unpaired) electrons. The van der Waals surface area contributed by atoms with Crippen molar-refractivity contribution >= 4 is 23.4 Å². The van der Waals surface area contributed by atoms with Gasteiger partial charge in [0.25, 0.3) is 11.8 Å². The Morgan fingerprint density at radius 2 is 1.97 bits per heavy atom. The van der Waals surface area contributed by atoms with Gasteiger partial charge in [0.05, 0.1) is 6.26 Å². The zero-order valence-electron chi connectivity index (χ0n) is 16.3. The Hall–Kier alpha value is -3.29. The van der Waals surface area contributed by atoms with Gasteiger partial charge in [0, 0.05) is 37.3 Å².